The Morgan fingerprint density at radius 1 is 0.925 bits per heavy atom. The molecule has 2 fully saturated rings. The largest absolute Gasteiger partial charge is 0.493 e. The minimum atomic E-state index is -0.429. The highest BCUT2D eigenvalue weighted by Gasteiger charge is 2.33. The van der Waals surface area contributed by atoms with Crippen molar-refractivity contribution >= 4 is 80.4 Å². The third kappa shape index (κ3) is 14.1. The maximum atomic E-state index is 13.1. The molecule has 2 saturated heterocycles. The highest BCUT2D eigenvalue weighted by atomic mass is 32.1. The second-order valence-corrected chi connectivity index (χ2v) is 17.1. The number of nitrogens with zero attached hydrogens (tertiary/aromatic N) is 2. The molecule has 0 aliphatic carbocycles. The van der Waals surface area contributed by atoms with Gasteiger partial charge in [-0.25, -0.2) is 0 Å². The van der Waals surface area contributed by atoms with Crippen LogP contribution in [0.25, 0.3) is 10.1 Å². The number of aryl methyl sites for hydroxylation is 2. The molecular weight excluding hydrogens is 879 g/mol. The Bertz CT molecular complexity index is 2480. The highest BCUT2D eigenvalue weighted by Crippen LogP contribution is 2.34. The van der Waals surface area contributed by atoms with Crippen LogP contribution in [0, 0.1) is 6.92 Å². The summed E-state index contributed by atoms with van der Waals surface area (Å²) in [6.45, 7) is 7.69. The summed E-state index contributed by atoms with van der Waals surface area (Å²) in [6.07, 6.45) is 11.0. The number of anilines is 5. The number of ether oxygens (including phenoxy) is 5. The molecule has 2 aliphatic rings. The van der Waals surface area contributed by atoms with Gasteiger partial charge in [0.15, 0.2) is 24.1 Å². The van der Waals surface area contributed by atoms with Crippen LogP contribution < -0.4 is 36.5 Å². The molecule has 3 unspecified atom stereocenters. The summed E-state index contributed by atoms with van der Waals surface area (Å²) in [7, 11) is 3.25. The van der Waals surface area contributed by atoms with Gasteiger partial charge in [-0.1, -0.05) is 6.08 Å². The summed E-state index contributed by atoms with van der Waals surface area (Å²) in [5.41, 5.74) is 9.80. The number of piperidine rings is 1. The van der Waals surface area contributed by atoms with Crippen molar-refractivity contribution in [1.29, 1.82) is 0 Å². The maximum Gasteiger partial charge on any atom is 0.272 e. The molecule has 67 heavy (non-hydrogen) atoms. The first-order valence-corrected chi connectivity index (χ1v) is 23.0. The molecule has 5 aromatic rings. The van der Waals surface area contributed by atoms with Crippen LogP contribution in [-0.2, 0) is 35.6 Å². The maximum absolute atomic E-state index is 13.1. The second kappa shape index (κ2) is 24.7. The van der Waals surface area contributed by atoms with E-state index in [2.05, 4.69) is 27.8 Å². The van der Waals surface area contributed by atoms with Crippen molar-refractivity contribution in [3.8, 4) is 11.5 Å². The fourth-order valence-electron chi connectivity index (χ4n) is 7.61. The first-order valence-electron chi connectivity index (χ1n) is 22.2. The van der Waals surface area contributed by atoms with E-state index in [1.807, 2.05) is 19.1 Å². The molecule has 2 aliphatic heterocycles. The van der Waals surface area contributed by atoms with Gasteiger partial charge in [0.05, 0.1) is 36.9 Å². The molecule has 6 N–H and O–H groups in total. The predicted octanol–water partition coefficient (Wildman–Crippen LogP) is 8.08. The summed E-state index contributed by atoms with van der Waals surface area (Å²) in [4.78, 5) is 62.9. The van der Waals surface area contributed by atoms with Gasteiger partial charge >= 0.3 is 0 Å². The number of hydrogen-bond donors (Lipinski definition) is 5. The fourth-order valence-corrected chi connectivity index (χ4v) is 8.55. The number of thiophene rings is 1. The Balaban J connectivity index is 0.000000308. The molecule has 4 heterocycles. The number of nitrogens with one attached hydrogen (secondary N) is 4. The van der Waals surface area contributed by atoms with Crippen LogP contribution in [-0.4, -0.2) is 92.1 Å². The number of methoxy groups -OCH3 is 1. The summed E-state index contributed by atoms with van der Waals surface area (Å²) >= 11 is 1.35. The van der Waals surface area contributed by atoms with Gasteiger partial charge in [0.25, 0.3) is 11.8 Å². The van der Waals surface area contributed by atoms with E-state index in [1.54, 1.807) is 83.4 Å². The Morgan fingerprint density at radius 3 is 2.43 bits per heavy atom. The zero-order valence-corrected chi connectivity index (χ0v) is 38.9. The average Bonchev–Trinajstić information content (AvgIpc) is 3.94. The van der Waals surface area contributed by atoms with E-state index in [4.69, 9.17) is 29.4 Å². The Labute approximate surface area is 393 Å². The fraction of sp³-hybridized carbons (Fsp3) is 0.367. The Kier molecular flexibility index (Phi) is 18.3. The lowest BCUT2D eigenvalue weighted by atomic mass is 10.0. The average molecular weight is 938 g/mol. The normalized spacial score (nSPS) is 16.1. The van der Waals surface area contributed by atoms with Crippen molar-refractivity contribution in [2.75, 3.05) is 60.5 Å². The smallest absolute Gasteiger partial charge is 0.272 e. The predicted molar refractivity (Wildman–Crippen MR) is 260 cm³/mol. The van der Waals surface area contributed by atoms with Crippen LogP contribution >= 0.6 is 11.3 Å². The SMILES string of the molecule is C=CCOC(OC1CCCCO1)C1CCCCN1C=O.COc1cc(C)c(NC=O)cc1OCCCC(=O)Nc1cc(C(=O)Nc2ccc3sc(C(=O)Nc4ccc(N)cc4)cc3c2)n(C)c1. The van der Waals surface area contributed by atoms with Crippen molar-refractivity contribution in [3.63, 3.8) is 0 Å². The van der Waals surface area contributed by atoms with E-state index in [0.29, 0.717) is 69.9 Å². The molecule has 7 rings (SSSR count). The zero-order valence-electron chi connectivity index (χ0n) is 38.0. The van der Waals surface area contributed by atoms with Crippen LogP contribution in [0.4, 0.5) is 28.4 Å². The van der Waals surface area contributed by atoms with Gasteiger partial charge in [0.1, 0.15) is 5.69 Å². The molecule has 17 nitrogen and oxygen atoms in total. The highest BCUT2D eigenvalue weighted by molar-refractivity contribution is 7.20. The topological polar surface area (TPSA) is 214 Å². The molecule has 0 saturated carbocycles. The van der Waals surface area contributed by atoms with Gasteiger partial charge in [0.2, 0.25) is 18.7 Å². The van der Waals surface area contributed by atoms with E-state index < -0.39 is 6.29 Å². The number of carbonyl (C=O) groups is 5. The molecular formula is C49H59N7O10S. The molecule has 0 bridgehead atoms. The summed E-state index contributed by atoms with van der Waals surface area (Å²) < 4.78 is 31.0. The number of nitrogens with two attached hydrogens (primary N) is 1. The third-order valence-corrected chi connectivity index (χ3v) is 12.2. The lowest BCUT2D eigenvalue weighted by Gasteiger charge is -2.39. The number of likely N-dealkylation sites (tertiary alicyclic amines) is 1. The van der Waals surface area contributed by atoms with E-state index in [0.717, 1.165) is 73.7 Å². The van der Waals surface area contributed by atoms with Crippen molar-refractivity contribution in [1.82, 2.24) is 9.47 Å². The second-order valence-electron chi connectivity index (χ2n) is 16.0. The number of aromatic nitrogens is 1. The number of carbonyl (C=O) groups excluding carboxylic acids is 5. The van der Waals surface area contributed by atoms with Crippen LogP contribution in [0.5, 0.6) is 11.5 Å². The molecule has 18 heteroatoms. The third-order valence-electron chi connectivity index (χ3n) is 11.1. The summed E-state index contributed by atoms with van der Waals surface area (Å²) in [5, 5.41) is 12.0. The van der Waals surface area contributed by atoms with E-state index in [-0.39, 0.29) is 43.1 Å². The van der Waals surface area contributed by atoms with Crippen LogP contribution in [0.3, 0.4) is 0 Å². The minimum Gasteiger partial charge on any atom is -0.493 e. The first-order chi connectivity index (χ1) is 32.5. The Morgan fingerprint density at radius 2 is 1.70 bits per heavy atom. The van der Waals surface area contributed by atoms with Crippen molar-refractivity contribution in [3.05, 3.63) is 102 Å². The lowest BCUT2D eigenvalue weighted by Crippen LogP contribution is -2.49. The standard InChI is InChI=1S/C34H34N6O6S.C15H25NO4/c1-20-13-28(45-3)29(17-26(20)36-19-41)46-12-4-5-32(42)37-25-16-27(40(2)18-25)33(43)39-24-10-11-30-21(14-24)15-31(47-30)34(44)38-23-8-6-22(35)7-9-23;1-2-10-19-15(20-14-8-4-6-11-18-14)13-7-3-5-9-16(13)12-17/h6-11,13-19H,4-5,12,35H2,1-3H3,(H,36,41)(H,37,42)(H,38,44)(H,39,43);2,12-15H,1,3-11H2. The number of benzene rings is 3. The van der Waals surface area contributed by atoms with Gasteiger partial charge < -0.3 is 60.2 Å². The Hall–Kier alpha value is -6.73. The summed E-state index contributed by atoms with van der Waals surface area (Å²) in [6, 6.07) is 19.1. The number of fused-ring (bicyclic) bond motifs is 1. The molecule has 0 radical (unpaired) electrons. The first kappa shape index (κ1) is 49.7. The lowest BCUT2D eigenvalue weighted by molar-refractivity contribution is -0.270. The number of nitrogen functional groups attached to an aromatic ring is 1. The van der Waals surface area contributed by atoms with Crippen molar-refractivity contribution < 1.29 is 47.7 Å². The van der Waals surface area contributed by atoms with Gasteiger partial charge in [-0.2, -0.15) is 0 Å². The monoisotopic (exact) mass is 937 g/mol. The van der Waals surface area contributed by atoms with Crippen LogP contribution in [0.1, 0.15) is 77.1 Å². The van der Waals surface area contributed by atoms with Gasteiger partial charge in [-0.3, -0.25) is 24.0 Å². The van der Waals surface area contributed by atoms with E-state index in [1.165, 1.54) is 18.4 Å². The van der Waals surface area contributed by atoms with Crippen LogP contribution in [0.15, 0.2) is 85.6 Å². The van der Waals surface area contributed by atoms with E-state index >= 15 is 0 Å². The molecule has 3 aromatic carbocycles. The quantitative estimate of drug-likeness (QED) is 0.0165. The zero-order chi connectivity index (χ0) is 47.7. The number of hydrogen-bond acceptors (Lipinski definition) is 12. The van der Waals surface area contributed by atoms with E-state index in [9.17, 15) is 24.0 Å². The van der Waals surface area contributed by atoms with Gasteiger partial charge in [-0.15, -0.1) is 17.9 Å². The molecule has 0 spiro atoms. The minimum absolute atomic E-state index is 0.0215. The van der Waals surface area contributed by atoms with Crippen LogP contribution in [0.2, 0.25) is 0 Å². The molecule has 2 aromatic heterocycles. The van der Waals surface area contributed by atoms with Crippen molar-refractivity contribution in [2.45, 2.75) is 76.9 Å². The molecule has 3 atom stereocenters. The number of rotatable bonds is 20. The van der Waals surface area contributed by atoms with Gasteiger partial charge in [-0.05, 0) is 123 Å². The van der Waals surface area contributed by atoms with Gasteiger partial charge in [0, 0.05) is 66.3 Å². The number of amides is 5. The molecule has 356 valence electrons. The van der Waals surface area contributed by atoms with Crippen molar-refractivity contribution in [2.24, 2.45) is 7.05 Å². The summed E-state index contributed by atoms with van der Waals surface area (Å²) in [5.74, 6) is 0.162. The molecule has 5 amide bonds.